The van der Waals surface area contributed by atoms with Crippen LogP contribution in [-0.2, 0) is 16.1 Å². The minimum Gasteiger partial charge on any atom is -0.507 e. The predicted molar refractivity (Wildman–Crippen MR) is 120 cm³/mol. The molecule has 1 aliphatic heterocycles. The third-order valence-corrected chi connectivity index (χ3v) is 5.48. The van der Waals surface area contributed by atoms with Gasteiger partial charge in [-0.15, -0.1) is 0 Å². The molecule has 1 aliphatic rings. The van der Waals surface area contributed by atoms with Crippen LogP contribution in [0.3, 0.4) is 0 Å². The lowest BCUT2D eigenvalue weighted by Crippen LogP contribution is -2.29. The molecule has 3 aromatic rings. The van der Waals surface area contributed by atoms with E-state index >= 15 is 0 Å². The fourth-order valence-electron chi connectivity index (χ4n) is 3.87. The number of hydrogen-bond acceptors (Lipinski definition) is 7. The maximum absolute atomic E-state index is 13.0. The highest BCUT2D eigenvalue weighted by Crippen LogP contribution is 2.41. The number of aliphatic hydroxyl groups excluding tert-OH is 1. The first kappa shape index (κ1) is 22.3. The molecule has 1 N–H and O–H groups in total. The van der Waals surface area contributed by atoms with E-state index in [1.807, 2.05) is 0 Å². The monoisotopic (exact) mass is 459 g/mol. The SMILES string of the molecule is O=C1C(=O)N(Cc2ccccc2)[C@@H](c2cccc([N+](=O)[O-])c2)C1=C(O)c1ccc([N+](=O)[O-])cc1. The van der Waals surface area contributed by atoms with Gasteiger partial charge in [0.05, 0.1) is 21.5 Å². The lowest BCUT2D eigenvalue weighted by molar-refractivity contribution is -0.385. The van der Waals surface area contributed by atoms with Crippen LogP contribution in [0.5, 0.6) is 0 Å². The molecule has 1 saturated heterocycles. The Bertz CT molecular complexity index is 1330. The van der Waals surface area contributed by atoms with Crippen molar-refractivity contribution < 1.29 is 24.5 Å². The fraction of sp³-hybridized carbons (Fsp3) is 0.0833. The van der Waals surface area contributed by atoms with Crippen molar-refractivity contribution in [3.8, 4) is 0 Å². The molecule has 0 aliphatic carbocycles. The van der Waals surface area contributed by atoms with Gasteiger partial charge in [0.25, 0.3) is 23.1 Å². The van der Waals surface area contributed by atoms with Gasteiger partial charge in [-0.2, -0.15) is 0 Å². The Morgan fingerprint density at radius 3 is 2.12 bits per heavy atom. The van der Waals surface area contributed by atoms with Gasteiger partial charge < -0.3 is 10.0 Å². The van der Waals surface area contributed by atoms with Crippen molar-refractivity contribution in [2.24, 2.45) is 0 Å². The highest BCUT2D eigenvalue weighted by molar-refractivity contribution is 6.46. The molecule has 0 bridgehead atoms. The van der Waals surface area contributed by atoms with Gasteiger partial charge >= 0.3 is 0 Å². The van der Waals surface area contributed by atoms with Crippen LogP contribution in [0.1, 0.15) is 22.7 Å². The number of carbonyl (C=O) groups excluding carboxylic acids is 2. The molecule has 1 heterocycles. The summed E-state index contributed by atoms with van der Waals surface area (Å²) in [6.07, 6.45) is 0. The number of aliphatic hydroxyl groups is 1. The maximum Gasteiger partial charge on any atom is 0.295 e. The summed E-state index contributed by atoms with van der Waals surface area (Å²) in [7, 11) is 0. The third-order valence-electron chi connectivity index (χ3n) is 5.48. The molecule has 0 radical (unpaired) electrons. The Morgan fingerprint density at radius 2 is 1.50 bits per heavy atom. The van der Waals surface area contributed by atoms with E-state index in [1.54, 1.807) is 30.3 Å². The molecule has 3 aromatic carbocycles. The molecule has 0 unspecified atom stereocenters. The molecule has 0 aromatic heterocycles. The highest BCUT2D eigenvalue weighted by Gasteiger charge is 2.46. The van der Waals surface area contributed by atoms with Gasteiger partial charge in [0.15, 0.2) is 0 Å². The van der Waals surface area contributed by atoms with Crippen LogP contribution in [0.4, 0.5) is 11.4 Å². The van der Waals surface area contributed by atoms with Gasteiger partial charge in [-0.3, -0.25) is 29.8 Å². The zero-order valence-corrected chi connectivity index (χ0v) is 17.5. The normalized spacial score (nSPS) is 17.1. The lowest BCUT2D eigenvalue weighted by Gasteiger charge is -2.25. The second-order valence-corrected chi connectivity index (χ2v) is 7.57. The van der Waals surface area contributed by atoms with Gasteiger partial charge in [0.2, 0.25) is 0 Å². The average Bonchev–Trinajstić information content (AvgIpc) is 3.09. The van der Waals surface area contributed by atoms with E-state index in [4.69, 9.17) is 0 Å². The van der Waals surface area contributed by atoms with Crippen molar-refractivity contribution >= 4 is 28.8 Å². The van der Waals surface area contributed by atoms with Gasteiger partial charge in [0, 0.05) is 36.4 Å². The first-order valence-electron chi connectivity index (χ1n) is 10.1. The van der Waals surface area contributed by atoms with Crippen LogP contribution >= 0.6 is 0 Å². The summed E-state index contributed by atoms with van der Waals surface area (Å²) in [5.74, 6) is -2.35. The molecule has 10 heteroatoms. The first-order valence-corrected chi connectivity index (χ1v) is 10.1. The van der Waals surface area contributed by atoms with Gasteiger partial charge in [-0.25, -0.2) is 0 Å². The Morgan fingerprint density at radius 1 is 0.853 bits per heavy atom. The number of carbonyl (C=O) groups is 2. The number of nitro benzene ring substituents is 2. The summed E-state index contributed by atoms with van der Waals surface area (Å²) in [4.78, 5) is 48.4. The predicted octanol–water partition coefficient (Wildman–Crippen LogP) is 4.12. The van der Waals surface area contributed by atoms with E-state index in [0.29, 0.717) is 0 Å². The number of likely N-dealkylation sites (tertiary alicyclic amines) is 1. The number of nitrogens with zero attached hydrogens (tertiary/aromatic N) is 3. The van der Waals surface area contributed by atoms with Crippen LogP contribution < -0.4 is 0 Å². The molecule has 10 nitrogen and oxygen atoms in total. The molecule has 170 valence electrons. The van der Waals surface area contributed by atoms with Gasteiger partial charge in [-0.1, -0.05) is 42.5 Å². The number of rotatable bonds is 6. The molecular weight excluding hydrogens is 442 g/mol. The number of non-ortho nitro benzene ring substituents is 2. The third kappa shape index (κ3) is 4.11. The molecule has 0 saturated carbocycles. The molecule has 1 amide bonds. The smallest absolute Gasteiger partial charge is 0.295 e. The molecule has 1 fully saturated rings. The number of nitro groups is 2. The number of amides is 1. The summed E-state index contributed by atoms with van der Waals surface area (Å²) in [6.45, 7) is 0.0236. The molecule has 0 spiro atoms. The van der Waals surface area contributed by atoms with Crippen LogP contribution in [0.2, 0.25) is 0 Å². The van der Waals surface area contributed by atoms with Crippen LogP contribution in [-0.4, -0.2) is 31.5 Å². The Kier molecular flexibility index (Phi) is 5.88. The summed E-state index contributed by atoms with van der Waals surface area (Å²) in [5, 5.41) is 33.3. The van der Waals surface area contributed by atoms with E-state index in [9.17, 15) is 34.9 Å². The van der Waals surface area contributed by atoms with E-state index in [1.165, 1.54) is 41.3 Å². The van der Waals surface area contributed by atoms with Gasteiger partial charge in [-0.05, 0) is 23.3 Å². The van der Waals surface area contributed by atoms with Crippen molar-refractivity contribution in [1.82, 2.24) is 4.90 Å². The minimum atomic E-state index is -1.10. The zero-order valence-electron chi connectivity index (χ0n) is 17.5. The van der Waals surface area contributed by atoms with Crippen LogP contribution in [0, 0.1) is 20.2 Å². The summed E-state index contributed by atoms with van der Waals surface area (Å²) in [6, 6.07) is 18.1. The Hall–Kier alpha value is -4.86. The van der Waals surface area contributed by atoms with Crippen molar-refractivity contribution in [1.29, 1.82) is 0 Å². The van der Waals surface area contributed by atoms with Crippen LogP contribution in [0.15, 0.2) is 84.4 Å². The second kappa shape index (κ2) is 8.94. The molecule has 34 heavy (non-hydrogen) atoms. The molecular formula is C24H17N3O7. The standard InChI is InChI=1S/C24H17N3O7/c28-22(16-9-11-18(12-10-16)26(31)32)20-21(17-7-4-8-19(13-17)27(33)34)25(24(30)23(20)29)14-15-5-2-1-3-6-15/h1-13,21,28H,14H2/t21-/m0/s1. The van der Waals surface area contributed by atoms with Crippen molar-refractivity contribution in [3.63, 3.8) is 0 Å². The topological polar surface area (TPSA) is 144 Å². The van der Waals surface area contributed by atoms with E-state index in [-0.39, 0.29) is 34.6 Å². The average molecular weight is 459 g/mol. The van der Waals surface area contributed by atoms with E-state index < -0.39 is 33.3 Å². The number of benzene rings is 3. The number of Topliss-reactive ketones (excluding diaryl/α,β-unsaturated/α-hetero) is 1. The summed E-state index contributed by atoms with van der Waals surface area (Å²) in [5.41, 5.74) is 0.381. The van der Waals surface area contributed by atoms with E-state index in [0.717, 1.165) is 17.7 Å². The quantitative estimate of drug-likeness (QED) is 0.192. The van der Waals surface area contributed by atoms with Crippen molar-refractivity contribution in [2.75, 3.05) is 0 Å². The Labute approximate surface area is 192 Å². The van der Waals surface area contributed by atoms with E-state index in [2.05, 4.69) is 0 Å². The van der Waals surface area contributed by atoms with Gasteiger partial charge in [0.1, 0.15) is 5.76 Å². The Balaban J connectivity index is 1.87. The second-order valence-electron chi connectivity index (χ2n) is 7.57. The van der Waals surface area contributed by atoms with Crippen molar-refractivity contribution in [3.05, 3.63) is 121 Å². The maximum atomic E-state index is 13.0. The lowest BCUT2D eigenvalue weighted by atomic mass is 9.94. The molecule has 4 rings (SSSR count). The molecule has 1 atom stereocenters. The highest BCUT2D eigenvalue weighted by atomic mass is 16.6. The minimum absolute atomic E-state index is 0.0236. The summed E-state index contributed by atoms with van der Waals surface area (Å²) < 4.78 is 0. The largest absolute Gasteiger partial charge is 0.507 e. The van der Waals surface area contributed by atoms with Crippen LogP contribution in [0.25, 0.3) is 5.76 Å². The van der Waals surface area contributed by atoms with Crippen molar-refractivity contribution in [2.45, 2.75) is 12.6 Å². The zero-order chi connectivity index (χ0) is 24.4. The number of ketones is 1. The fourth-order valence-corrected chi connectivity index (χ4v) is 3.87. The summed E-state index contributed by atoms with van der Waals surface area (Å²) >= 11 is 0. The number of hydrogen-bond donors (Lipinski definition) is 1. The first-order chi connectivity index (χ1) is 16.3.